The van der Waals surface area contributed by atoms with Gasteiger partial charge < -0.3 is 36.0 Å². The van der Waals surface area contributed by atoms with E-state index in [0.29, 0.717) is 13.2 Å². The Morgan fingerprint density at radius 2 is 0.640 bits per heavy atom. The molecule has 4 saturated heterocycles. The van der Waals surface area contributed by atoms with Crippen LogP contribution in [-0.2, 0) is 36.0 Å². The summed E-state index contributed by atoms with van der Waals surface area (Å²) in [6.07, 6.45) is 8.60. The molecule has 0 spiro atoms. The lowest BCUT2D eigenvalue weighted by molar-refractivity contribution is 0.0403. The van der Waals surface area contributed by atoms with Gasteiger partial charge in [-0.2, -0.15) is 70.6 Å². The number of ether oxygens (including phenoxy) is 2. The Hall–Kier alpha value is 2.21. The lowest BCUT2D eigenvalue weighted by Crippen LogP contribution is -2.43. The molecular weight excluding hydrogens is 785 g/mol. The van der Waals surface area contributed by atoms with Crippen LogP contribution in [-0.4, -0.2) is 150 Å². The summed E-state index contributed by atoms with van der Waals surface area (Å²) in [4.78, 5) is 0. The SMILES string of the molecule is CC1O[Si]2(CCCSCCCSCCCSCCOCCOCCSCCCSCCCSCCC[Si]34OC(C)C(O3)C(C)O4)OC(C)C1O2. The van der Waals surface area contributed by atoms with Crippen LogP contribution in [0.1, 0.15) is 66.2 Å². The number of rotatable bonds is 33. The summed E-state index contributed by atoms with van der Waals surface area (Å²) in [7, 11) is -4.65. The maximum atomic E-state index is 6.13. The lowest BCUT2D eigenvalue weighted by atomic mass is 10.1. The van der Waals surface area contributed by atoms with Crippen LogP contribution in [0.4, 0.5) is 0 Å². The van der Waals surface area contributed by atoms with Crippen molar-refractivity contribution in [3.05, 3.63) is 0 Å². The fourth-order valence-corrected chi connectivity index (χ4v) is 19.6. The molecule has 4 aliphatic rings. The van der Waals surface area contributed by atoms with Gasteiger partial charge in [0, 0.05) is 23.6 Å². The molecule has 16 heteroatoms. The highest BCUT2D eigenvalue weighted by Gasteiger charge is 2.61. The molecule has 4 fully saturated rings. The van der Waals surface area contributed by atoms with Gasteiger partial charge in [0.25, 0.3) is 0 Å². The van der Waals surface area contributed by atoms with E-state index in [-0.39, 0.29) is 36.6 Å². The Morgan fingerprint density at radius 3 is 0.940 bits per heavy atom. The van der Waals surface area contributed by atoms with E-state index in [2.05, 4.69) is 74.7 Å². The summed E-state index contributed by atoms with van der Waals surface area (Å²) in [5.74, 6) is 14.6. The Balaban J connectivity index is 0.758. The van der Waals surface area contributed by atoms with Crippen molar-refractivity contribution in [3.63, 3.8) is 0 Å². The summed E-state index contributed by atoms with van der Waals surface area (Å²) in [5.41, 5.74) is 0. The van der Waals surface area contributed by atoms with Crippen LogP contribution < -0.4 is 0 Å². The summed E-state index contributed by atoms with van der Waals surface area (Å²) in [5, 5.41) is 0. The lowest BCUT2D eigenvalue weighted by Gasteiger charge is -2.26. The molecule has 0 amide bonds. The molecule has 0 aliphatic carbocycles. The highest BCUT2D eigenvalue weighted by Crippen LogP contribution is 2.41. The minimum Gasteiger partial charge on any atom is -0.378 e. The molecule has 8 nitrogen and oxygen atoms in total. The third-order valence-electron chi connectivity index (χ3n) is 8.91. The van der Waals surface area contributed by atoms with Crippen LogP contribution in [0.25, 0.3) is 0 Å². The standard InChI is InChI=1S/C34H66O8S6Si2/c1-29-33-30(2)38-49(37-29,41-33)27-9-23-45-19-5-15-43-17-7-21-47-25-13-35-11-12-36-14-26-48-22-8-18-44-16-6-20-46-24-10-28-50-39-31(3)34(42-50)32(4)40-50/h29-34H,5-28H2,1-4H3. The van der Waals surface area contributed by atoms with Gasteiger partial charge in [-0.05, 0) is 124 Å². The monoisotopic (exact) mass is 850 g/mol. The van der Waals surface area contributed by atoms with Gasteiger partial charge in [-0.15, -0.1) is 0 Å². The van der Waals surface area contributed by atoms with Gasteiger partial charge in [0.2, 0.25) is 0 Å². The van der Waals surface area contributed by atoms with Crippen molar-refractivity contribution in [2.24, 2.45) is 0 Å². The summed E-state index contributed by atoms with van der Waals surface area (Å²) < 4.78 is 48.0. The maximum absolute atomic E-state index is 6.13. The first-order chi connectivity index (χ1) is 24.4. The fraction of sp³-hybridized carbons (Fsp3) is 1.00. The predicted molar refractivity (Wildman–Crippen MR) is 226 cm³/mol. The van der Waals surface area contributed by atoms with Crippen LogP contribution in [0, 0.1) is 0 Å². The highest BCUT2D eigenvalue weighted by molar-refractivity contribution is 8.01. The van der Waals surface area contributed by atoms with Crippen LogP contribution in [0.2, 0.25) is 12.1 Å². The second-order valence-corrected chi connectivity index (χ2v) is 25.8. The van der Waals surface area contributed by atoms with Gasteiger partial charge in [0.05, 0.1) is 63.1 Å². The number of fused-ring (bicyclic) bond motifs is 4. The van der Waals surface area contributed by atoms with Crippen molar-refractivity contribution in [1.82, 2.24) is 0 Å². The van der Waals surface area contributed by atoms with E-state index >= 15 is 0 Å². The van der Waals surface area contributed by atoms with Crippen molar-refractivity contribution >= 4 is 88.2 Å². The second-order valence-electron chi connectivity index (χ2n) is 13.3. The van der Waals surface area contributed by atoms with Gasteiger partial charge in [-0.25, -0.2) is 0 Å². The Labute approximate surface area is 332 Å². The molecule has 0 saturated carbocycles. The molecule has 0 N–H and O–H groups in total. The molecule has 4 rings (SSSR count). The highest BCUT2D eigenvalue weighted by atomic mass is 32.2. The predicted octanol–water partition coefficient (Wildman–Crippen LogP) is 8.08. The molecule has 0 radical (unpaired) electrons. The third-order valence-corrected chi connectivity index (χ3v) is 21.7. The van der Waals surface area contributed by atoms with Crippen LogP contribution >= 0.6 is 70.6 Å². The number of hydrogen-bond donors (Lipinski definition) is 0. The van der Waals surface area contributed by atoms with E-state index < -0.39 is 17.6 Å². The first-order valence-electron chi connectivity index (χ1n) is 19.1. The van der Waals surface area contributed by atoms with E-state index in [0.717, 1.165) is 49.6 Å². The van der Waals surface area contributed by atoms with Crippen LogP contribution in [0.3, 0.4) is 0 Å². The number of thioether (sulfide) groups is 6. The second kappa shape index (κ2) is 26.2. The van der Waals surface area contributed by atoms with E-state index in [1.807, 2.05) is 23.5 Å². The Morgan fingerprint density at radius 1 is 0.360 bits per heavy atom. The van der Waals surface area contributed by atoms with Gasteiger partial charge in [0.1, 0.15) is 0 Å². The van der Waals surface area contributed by atoms with E-state index in [1.54, 1.807) is 0 Å². The van der Waals surface area contributed by atoms with E-state index in [4.69, 9.17) is 36.0 Å². The smallest absolute Gasteiger partial charge is 0.378 e. The largest absolute Gasteiger partial charge is 0.502 e. The topological polar surface area (TPSA) is 73.8 Å². The molecule has 0 aromatic heterocycles. The summed E-state index contributed by atoms with van der Waals surface area (Å²) >= 11 is 12.4. The molecule has 4 bridgehead atoms. The molecule has 4 atom stereocenters. The van der Waals surface area contributed by atoms with Crippen molar-refractivity contribution < 1.29 is 36.0 Å². The quantitative estimate of drug-likeness (QED) is 0.0472. The molecule has 50 heavy (non-hydrogen) atoms. The zero-order valence-corrected chi connectivity index (χ0v) is 38.0. The normalized spacial score (nSPS) is 31.4. The Bertz CT molecular complexity index is 800. The summed E-state index contributed by atoms with van der Waals surface area (Å²) in [6.45, 7) is 11.6. The van der Waals surface area contributed by atoms with E-state index in [1.165, 1.54) is 83.2 Å². The minimum absolute atomic E-state index is 0.162. The maximum Gasteiger partial charge on any atom is 0.502 e. The van der Waals surface area contributed by atoms with E-state index in [9.17, 15) is 0 Å². The molecular formula is C34H66O8S6Si2. The zero-order chi connectivity index (χ0) is 35.3. The van der Waals surface area contributed by atoms with Crippen LogP contribution in [0.15, 0.2) is 0 Å². The average molecular weight is 851 g/mol. The fourth-order valence-electron chi connectivity index (χ4n) is 6.49. The average Bonchev–Trinajstić information content (AvgIpc) is 3.80. The summed E-state index contributed by atoms with van der Waals surface area (Å²) in [6, 6.07) is 1.95. The van der Waals surface area contributed by atoms with Gasteiger partial charge >= 0.3 is 17.6 Å². The third kappa shape index (κ3) is 16.7. The first kappa shape index (κ1) is 44.9. The van der Waals surface area contributed by atoms with Crippen molar-refractivity contribution in [1.29, 1.82) is 0 Å². The van der Waals surface area contributed by atoms with Gasteiger partial charge in [0.15, 0.2) is 0 Å². The van der Waals surface area contributed by atoms with Gasteiger partial charge in [-0.3, -0.25) is 0 Å². The zero-order valence-electron chi connectivity index (χ0n) is 31.2. The first-order valence-corrected chi connectivity index (χ1v) is 29.9. The van der Waals surface area contributed by atoms with Gasteiger partial charge in [-0.1, -0.05) is 0 Å². The van der Waals surface area contributed by atoms with Crippen molar-refractivity contribution in [3.8, 4) is 0 Å². The van der Waals surface area contributed by atoms with Crippen molar-refractivity contribution in [2.75, 3.05) is 95.5 Å². The Kier molecular flexibility index (Phi) is 23.5. The number of hydrogen-bond acceptors (Lipinski definition) is 14. The molecule has 294 valence electrons. The minimum atomic E-state index is -2.33. The molecule has 4 heterocycles. The molecule has 0 aromatic carbocycles. The van der Waals surface area contributed by atoms with Crippen LogP contribution in [0.5, 0.6) is 0 Å². The molecule has 0 aromatic rings. The van der Waals surface area contributed by atoms with Crippen molar-refractivity contribution in [2.45, 2.75) is 115 Å². The molecule has 4 unspecified atom stereocenters. The molecule has 4 aliphatic heterocycles.